The van der Waals surface area contributed by atoms with E-state index in [0.717, 1.165) is 17.6 Å². The van der Waals surface area contributed by atoms with Crippen molar-refractivity contribution in [2.45, 2.75) is 46.3 Å². The number of ether oxygens (including phenoxy) is 1. The standard InChI is InChI=1S/C18H32N4O3S/c1-7-19-17(21-13-18(4,5)22-26(6,23)24)20-12-15(3)25-16-11-9-8-10-14(16)2/h8-11,15,22H,7,12-13H2,1-6H3,(H2,19,20,21). The van der Waals surface area contributed by atoms with Gasteiger partial charge >= 0.3 is 0 Å². The van der Waals surface area contributed by atoms with Crippen molar-refractivity contribution in [3.63, 3.8) is 0 Å². The molecule has 26 heavy (non-hydrogen) atoms. The van der Waals surface area contributed by atoms with Gasteiger partial charge in [0.15, 0.2) is 5.96 Å². The van der Waals surface area contributed by atoms with Crippen LogP contribution < -0.4 is 20.1 Å². The number of guanidine groups is 1. The maximum Gasteiger partial charge on any atom is 0.209 e. The molecule has 148 valence electrons. The lowest BCUT2D eigenvalue weighted by atomic mass is 10.1. The van der Waals surface area contributed by atoms with Crippen LogP contribution in [0.1, 0.15) is 33.3 Å². The molecule has 0 aromatic heterocycles. The van der Waals surface area contributed by atoms with Gasteiger partial charge < -0.3 is 15.4 Å². The van der Waals surface area contributed by atoms with Crippen molar-refractivity contribution in [3.05, 3.63) is 29.8 Å². The molecule has 3 N–H and O–H groups in total. The summed E-state index contributed by atoms with van der Waals surface area (Å²) in [5.41, 5.74) is 0.424. The number of nitrogens with zero attached hydrogens (tertiary/aromatic N) is 1. The zero-order chi connectivity index (χ0) is 19.8. The molecular weight excluding hydrogens is 352 g/mol. The number of hydrogen-bond acceptors (Lipinski definition) is 4. The second kappa shape index (κ2) is 9.78. The van der Waals surface area contributed by atoms with E-state index in [2.05, 4.69) is 20.3 Å². The molecule has 0 fully saturated rings. The van der Waals surface area contributed by atoms with E-state index in [1.54, 1.807) is 13.8 Å². The zero-order valence-electron chi connectivity index (χ0n) is 16.6. The number of sulfonamides is 1. The lowest BCUT2D eigenvalue weighted by Gasteiger charge is -2.24. The van der Waals surface area contributed by atoms with E-state index in [9.17, 15) is 8.42 Å². The second-order valence-electron chi connectivity index (χ2n) is 7.03. The lowest BCUT2D eigenvalue weighted by molar-refractivity contribution is 0.222. The number of aliphatic imine (C=N–C) groups is 1. The number of para-hydroxylation sites is 1. The molecule has 0 bridgehead atoms. The van der Waals surface area contributed by atoms with Crippen molar-refractivity contribution in [1.29, 1.82) is 0 Å². The molecule has 0 amide bonds. The molecule has 7 nitrogen and oxygen atoms in total. The summed E-state index contributed by atoms with van der Waals surface area (Å²) in [4.78, 5) is 4.48. The van der Waals surface area contributed by atoms with Crippen LogP contribution in [0.25, 0.3) is 0 Å². The summed E-state index contributed by atoms with van der Waals surface area (Å²) < 4.78 is 31.4. The highest BCUT2D eigenvalue weighted by molar-refractivity contribution is 7.88. The first kappa shape index (κ1) is 22.2. The van der Waals surface area contributed by atoms with Crippen molar-refractivity contribution >= 4 is 16.0 Å². The Hall–Kier alpha value is -1.80. The number of benzene rings is 1. The van der Waals surface area contributed by atoms with Crippen molar-refractivity contribution in [2.75, 3.05) is 25.9 Å². The van der Waals surface area contributed by atoms with Gasteiger partial charge in [0.2, 0.25) is 10.0 Å². The SMILES string of the molecule is CCNC(=NCC(C)(C)NS(C)(=O)=O)NCC(C)Oc1ccccc1C. The Bertz CT molecular complexity index is 702. The van der Waals surface area contributed by atoms with Crippen molar-refractivity contribution in [2.24, 2.45) is 4.99 Å². The van der Waals surface area contributed by atoms with Crippen LogP contribution in [0, 0.1) is 6.92 Å². The summed E-state index contributed by atoms with van der Waals surface area (Å²) in [7, 11) is -3.29. The van der Waals surface area contributed by atoms with Gasteiger partial charge in [-0.25, -0.2) is 13.1 Å². The molecule has 1 aromatic rings. The Kier molecular flexibility index (Phi) is 8.36. The molecule has 1 atom stereocenters. The van der Waals surface area contributed by atoms with E-state index in [1.807, 2.05) is 45.0 Å². The molecule has 0 aliphatic heterocycles. The van der Waals surface area contributed by atoms with E-state index >= 15 is 0 Å². The molecule has 0 saturated heterocycles. The molecule has 0 spiro atoms. The minimum Gasteiger partial charge on any atom is -0.489 e. The Morgan fingerprint density at radius 2 is 1.92 bits per heavy atom. The van der Waals surface area contributed by atoms with Crippen LogP contribution in [0.2, 0.25) is 0 Å². The van der Waals surface area contributed by atoms with Crippen LogP contribution in [0.4, 0.5) is 0 Å². The fourth-order valence-electron chi connectivity index (χ4n) is 2.34. The molecule has 1 rings (SSSR count). The molecule has 0 heterocycles. The van der Waals surface area contributed by atoms with Gasteiger partial charge in [0.05, 0.1) is 19.3 Å². The zero-order valence-corrected chi connectivity index (χ0v) is 17.4. The van der Waals surface area contributed by atoms with Gasteiger partial charge in [-0.3, -0.25) is 4.99 Å². The molecule has 1 unspecified atom stereocenters. The average Bonchev–Trinajstić information content (AvgIpc) is 2.50. The summed E-state index contributed by atoms with van der Waals surface area (Å²) in [6.45, 7) is 11.2. The third-order valence-corrected chi connectivity index (χ3v) is 4.34. The first-order valence-corrected chi connectivity index (χ1v) is 10.6. The molecule has 0 radical (unpaired) electrons. The van der Waals surface area contributed by atoms with Gasteiger partial charge in [-0.15, -0.1) is 0 Å². The molecule has 0 saturated carbocycles. The molecular formula is C18H32N4O3S. The Balaban J connectivity index is 2.62. The molecule has 0 aliphatic carbocycles. The lowest BCUT2D eigenvalue weighted by Crippen LogP contribution is -2.47. The van der Waals surface area contributed by atoms with E-state index in [0.29, 0.717) is 25.6 Å². The Morgan fingerprint density at radius 3 is 2.50 bits per heavy atom. The highest BCUT2D eigenvalue weighted by Crippen LogP contribution is 2.17. The Labute approximate surface area is 157 Å². The van der Waals surface area contributed by atoms with Gasteiger partial charge in [-0.2, -0.15) is 0 Å². The number of nitrogens with one attached hydrogen (secondary N) is 3. The fourth-order valence-corrected chi connectivity index (χ4v) is 3.41. The second-order valence-corrected chi connectivity index (χ2v) is 8.78. The summed E-state index contributed by atoms with van der Waals surface area (Å²) in [6, 6.07) is 7.89. The summed E-state index contributed by atoms with van der Waals surface area (Å²) >= 11 is 0. The van der Waals surface area contributed by atoms with Crippen molar-refractivity contribution in [3.8, 4) is 5.75 Å². The number of aryl methyl sites for hydroxylation is 1. The van der Waals surface area contributed by atoms with E-state index < -0.39 is 15.6 Å². The van der Waals surface area contributed by atoms with Crippen LogP contribution in [0.5, 0.6) is 5.75 Å². The predicted octanol–water partition coefficient (Wildman–Crippen LogP) is 1.65. The minimum absolute atomic E-state index is 0.0536. The molecule has 0 aliphatic rings. The van der Waals surface area contributed by atoms with Crippen molar-refractivity contribution < 1.29 is 13.2 Å². The van der Waals surface area contributed by atoms with Gasteiger partial charge in [0.1, 0.15) is 11.9 Å². The monoisotopic (exact) mass is 384 g/mol. The maximum atomic E-state index is 11.4. The summed E-state index contributed by atoms with van der Waals surface area (Å²) in [5, 5.41) is 6.39. The number of rotatable bonds is 9. The topological polar surface area (TPSA) is 91.8 Å². The Morgan fingerprint density at radius 1 is 1.27 bits per heavy atom. The van der Waals surface area contributed by atoms with E-state index in [-0.39, 0.29) is 6.10 Å². The summed E-state index contributed by atoms with van der Waals surface area (Å²) in [5.74, 6) is 1.48. The van der Waals surface area contributed by atoms with E-state index in [4.69, 9.17) is 4.74 Å². The first-order valence-electron chi connectivity index (χ1n) is 8.76. The van der Waals surface area contributed by atoms with Gasteiger partial charge in [-0.1, -0.05) is 18.2 Å². The number of hydrogen-bond donors (Lipinski definition) is 3. The van der Waals surface area contributed by atoms with E-state index in [1.165, 1.54) is 0 Å². The highest BCUT2D eigenvalue weighted by atomic mass is 32.2. The predicted molar refractivity (Wildman–Crippen MR) is 107 cm³/mol. The smallest absolute Gasteiger partial charge is 0.209 e. The maximum absolute atomic E-state index is 11.4. The van der Waals surface area contributed by atoms with Gasteiger partial charge in [-0.05, 0) is 46.2 Å². The van der Waals surface area contributed by atoms with Crippen molar-refractivity contribution in [1.82, 2.24) is 15.4 Å². The van der Waals surface area contributed by atoms with Crippen LogP contribution >= 0.6 is 0 Å². The first-order chi connectivity index (χ1) is 12.0. The third-order valence-electron chi connectivity index (χ3n) is 3.42. The van der Waals surface area contributed by atoms with Crippen LogP contribution in [-0.2, 0) is 10.0 Å². The quantitative estimate of drug-likeness (QED) is 0.445. The van der Waals surface area contributed by atoms with Crippen LogP contribution in [0.15, 0.2) is 29.3 Å². The van der Waals surface area contributed by atoms with Crippen LogP contribution in [0.3, 0.4) is 0 Å². The molecule has 1 aromatic carbocycles. The van der Waals surface area contributed by atoms with Gasteiger partial charge in [0, 0.05) is 12.1 Å². The van der Waals surface area contributed by atoms with Gasteiger partial charge in [0.25, 0.3) is 0 Å². The average molecular weight is 385 g/mol. The fraction of sp³-hybridized carbons (Fsp3) is 0.611. The normalized spacial score (nSPS) is 14.0. The minimum atomic E-state index is -3.29. The van der Waals surface area contributed by atoms with Crippen LogP contribution in [-0.4, -0.2) is 51.9 Å². The third kappa shape index (κ3) is 9.05. The molecule has 8 heteroatoms. The highest BCUT2D eigenvalue weighted by Gasteiger charge is 2.22. The summed E-state index contributed by atoms with van der Waals surface area (Å²) in [6.07, 6.45) is 1.09. The largest absolute Gasteiger partial charge is 0.489 e.